The second kappa shape index (κ2) is 14.2. The highest BCUT2D eigenvalue weighted by Gasteiger charge is 2.32. The molecule has 30 heavy (non-hydrogen) atoms. The molecule has 0 spiro atoms. The van der Waals surface area contributed by atoms with Crippen LogP contribution in [-0.4, -0.2) is 76.7 Å². The third-order valence-electron chi connectivity index (χ3n) is 4.85. The number of aliphatic hydroxyl groups is 1. The quantitative estimate of drug-likeness (QED) is 0.202. The van der Waals surface area contributed by atoms with Crippen molar-refractivity contribution in [2.45, 2.75) is 64.7 Å². The van der Waals surface area contributed by atoms with Crippen molar-refractivity contribution in [2.75, 3.05) is 18.6 Å². The van der Waals surface area contributed by atoms with E-state index in [1.54, 1.807) is 20.8 Å². The first-order chi connectivity index (χ1) is 14.0. The molecule has 0 aliphatic rings. The molecule has 0 saturated carbocycles. The van der Waals surface area contributed by atoms with Gasteiger partial charge in [-0.25, -0.2) is 4.79 Å². The zero-order chi connectivity index (χ0) is 23.4. The average Bonchev–Trinajstić information content (AvgIpc) is 2.70. The topological polar surface area (TPSA) is 171 Å². The Morgan fingerprint density at radius 1 is 0.967 bits per heavy atom. The summed E-state index contributed by atoms with van der Waals surface area (Å²) in [6.45, 7) is 6.45. The molecule has 7 N–H and O–H groups in total. The van der Waals surface area contributed by atoms with Crippen LogP contribution in [-0.2, 0) is 19.2 Å². The lowest BCUT2D eigenvalue weighted by atomic mass is 9.96. The van der Waals surface area contributed by atoms with Gasteiger partial charge in [-0.2, -0.15) is 11.8 Å². The summed E-state index contributed by atoms with van der Waals surface area (Å²) in [7, 11) is 0. The number of aliphatic carboxylic acids is 1. The summed E-state index contributed by atoms with van der Waals surface area (Å²) in [5.41, 5.74) is 5.84. The SMILES string of the molecule is CCC(C)C(NC(=O)C(N)C(C)C)C(=O)NC(CO)C(=O)NC(CCSC)C(=O)O. The standard InChI is InChI=1S/C19H36N4O6S/c1-6-11(4)15(23-17(26)14(20)10(2)3)18(27)22-13(9-24)16(25)21-12(19(28)29)7-8-30-5/h10-15,24H,6-9,20H2,1-5H3,(H,21,25)(H,22,27)(H,23,26)(H,28,29). The molecule has 0 heterocycles. The third kappa shape index (κ3) is 9.31. The van der Waals surface area contributed by atoms with Crippen LogP contribution in [0.3, 0.4) is 0 Å². The summed E-state index contributed by atoms with van der Waals surface area (Å²) in [5.74, 6) is -3.02. The van der Waals surface area contributed by atoms with Gasteiger partial charge in [-0.15, -0.1) is 0 Å². The van der Waals surface area contributed by atoms with Gasteiger partial charge in [-0.05, 0) is 30.3 Å². The summed E-state index contributed by atoms with van der Waals surface area (Å²) < 4.78 is 0. The van der Waals surface area contributed by atoms with Gasteiger partial charge < -0.3 is 31.9 Å². The van der Waals surface area contributed by atoms with Crippen molar-refractivity contribution < 1.29 is 29.4 Å². The number of hydrogen-bond acceptors (Lipinski definition) is 7. The van der Waals surface area contributed by atoms with Gasteiger partial charge in [0.25, 0.3) is 0 Å². The Balaban J connectivity index is 5.25. The Kier molecular flexibility index (Phi) is 13.3. The van der Waals surface area contributed by atoms with Crippen LogP contribution in [0.2, 0.25) is 0 Å². The van der Waals surface area contributed by atoms with Gasteiger partial charge in [0.1, 0.15) is 18.1 Å². The van der Waals surface area contributed by atoms with Gasteiger partial charge in [-0.3, -0.25) is 14.4 Å². The third-order valence-corrected chi connectivity index (χ3v) is 5.50. The lowest BCUT2D eigenvalue weighted by Gasteiger charge is -2.28. The molecule has 0 aromatic carbocycles. The minimum atomic E-state index is -1.35. The van der Waals surface area contributed by atoms with Crippen LogP contribution in [0.5, 0.6) is 0 Å². The Morgan fingerprint density at radius 3 is 1.97 bits per heavy atom. The van der Waals surface area contributed by atoms with Crippen LogP contribution in [0.1, 0.15) is 40.5 Å². The van der Waals surface area contributed by atoms with Crippen molar-refractivity contribution >= 4 is 35.5 Å². The fourth-order valence-electron chi connectivity index (χ4n) is 2.48. The van der Waals surface area contributed by atoms with Crippen molar-refractivity contribution in [3.05, 3.63) is 0 Å². The van der Waals surface area contributed by atoms with E-state index < -0.39 is 54.5 Å². The van der Waals surface area contributed by atoms with Crippen molar-refractivity contribution in [1.82, 2.24) is 16.0 Å². The fraction of sp³-hybridized carbons (Fsp3) is 0.789. The molecule has 5 atom stereocenters. The van der Waals surface area contributed by atoms with Crippen molar-refractivity contribution in [3.8, 4) is 0 Å². The molecule has 11 heteroatoms. The maximum absolute atomic E-state index is 12.8. The van der Waals surface area contributed by atoms with Crippen LogP contribution in [0.25, 0.3) is 0 Å². The molecule has 10 nitrogen and oxygen atoms in total. The molecular weight excluding hydrogens is 412 g/mol. The van der Waals surface area contributed by atoms with Crippen LogP contribution >= 0.6 is 11.8 Å². The molecule has 0 aromatic rings. The lowest BCUT2D eigenvalue weighted by Crippen LogP contribution is -2.59. The minimum absolute atomic E-state index is 0.129. The maximum Gasteiger partial charge on any atom is 0.326 e. The highest BCUT2D eigenvalue weighted by molar-refractivity contribution is 7.98. The number of rotatable bonds is 14. The number of nitrogens with one attached hydrogen (secondary N) is 3. The molecule has 0 radical (unpaired) electrons. The normalized spacial score (nSPS) is 16.1. The Hall–Kier alpha value is -1.85. The number of aliphatic hydroxyl groups excluding tert-OH is 1. The summed E-state index contributed by atoms with van der Waals surface area (Å²) >= 11 is 1.43. The smallest absolute Gasteiger partial charge is 0.326 e. The van der Waals surface area contributed by atoms with Gasteiger partial charge in [-0.1, -0.05) is 34.1 Å². The molecule has 0 aromatic heterocycles. The number of nitrogens with two attached hydrogens (primary N) is 1. The van der Waals surface area contributed by atoms with Crippen LogP contribution < -0.4 is 21.7 Å². The molecule has 0 aliphatic heterocycles. The van der Waals surface area contributed by atoms with Crippen molar-refractivity contribution in [3.63, 3.8) is 0 Å². The predicted molar refractivity (Wildman–Crippen MR) is 116 cm³/mol. The van der Waals surface area contributed by atoms with Gasteiger partial charge in [0.05, 0.1) is 12.6 Å². The van der Waals surface area contributed by atoms with Gasteiger partial charge in [0, 0.05) is 0 Å². The average molecular weight is 449 g/mol. The Morgan fingerprint density at radius 2 is 1.53 bits per heavy atom. The zero-order valence-electron chi connectivity index (χ0n) is 18.3. The summed E-state index contributed by atoms with van der Waals surface area (Å²) in [6, 6.07) is -4.24. The van der Waals surface area contributed by atoms with Crippen LogP contribution in [0, 0.1) is 11.8 Å². The summed E-state index contributed by atoms with van der Waals surface area (Å²) in [5, 5.41) is 26.1. The van der Waals surface area contributed by atoms with E-state index in [1.807, 2.05) is 13.2 Å². The molecule has 5 unspecified atom stereocenters. The molecular formula is C19H36N4O6S. The van der Waals surface area contributed by atoms with E-state index in [1.165, 1.54) is 11.8 Å². The highest BCUT2D eigenvalue weighted by atomic mass is 32.2. The van der Waals surface area contributed by atoms with Crippen molar-refractivity contribution in [1.29, 1.82) is 0 Å². The summed E-state index contributed by atoms with van der Waals surface area (Å²) in [6.07, 6.45) is 2.58. The zero-order valence-corrected chi connectivity index (χ0v) is 19.1. The Labute approximate surface area is 182 Å². The fourth-order valence-corrected chi connectivity index (χ4v) is 2.95. The van der Waals surface area contributed by atoms with E-state index >= 15 is 0 Å². The first kappa shape index (κ1) is 28.1. The second-order valence-electron chi connectivity index (χ2n) is 7.57. The van der Waals surface area contributed by atoms with Crippen LogP contribution in [0.15, 0.2) is 0 Å². The second-order valence-corrected chi connectivity index (χ2v) is 8.55. The monoisotopic (exact) mass is 448 g/mol. The largest absolute Gasteiger partial charge is 0.480 e. The predicted octanol–water partition coefficient (Wildman–Crippen LogP) is -0.700. The number of carboxylic acids is 1. The van der Waals surface area contributed by atoms with E-state index in [2.05, 4.69) is 16.0 Å². The Bertz CT molecular complexity index is 589. The minimum Gasteiger partial charge on any atom is -0.480 e. The number of carbonyl (C=O) groups excluding carboxylic acids is 3. The molecule has 0 saturated heterocycles. The number of thioether (sulfide) groups is 1. The van der Waals surface area contributed by atoms with Gasteiger partial charge >= 0.3 is 5.97 Å². The molecule has 0 aliphatic carbocycles. The first-order valence-electron chi connectivity index (χ1n) is 9.99. The first-order valence-corrected chi connectivity index (χ1v) is 11.4. The van der Waals surface area contributed by atoms with E-state index in [-0.39, 0.29) is 18.3 Å². The number of carbonyl (C=O) groups is 4. The van der Waals surface area contributed by atoms with Crippen LogP contribution in [0.4, 0.5) is 0 Å². The summed E-state index contributed by atoms with van der Waals surface area (Å²) in [4.78, 5) is 48.8. The number of amides is 3. The molecule has 0 rings (SSSR count). The molecule has 0 fully saturated rings. The van der Waals surface area contributed by atoms with E-state index in [4.69, 9.17) is 5.73 Å². The van der Waals surface area contributed by atoms with Gasteiger partial charge in [0.15, 0.2) is 0 Å². The molecule has 0 bridgehead atoms. The van der Waals surface area contributed by atoms with E-state index in [9.17, 15) is 29.4 Å². The number of carboxylic acid groups (broad SMARTS) is 1. The van der Waals surface area contributed by atoms with Gasteiger partial charge in [0.2, 0.25) is 17.7 Å². The van der Waals surface area contributed by atoms with E-state index in [0.717, 1.165) is 0 Å². The molecule has 174 valence electrons. The lowest BCUT2D eigenvalue weighted by molar-refractivity contribution is -0.142. The maximum atomic E-state index is 12.8. The highest BCUT2D eigenvalue weighted by Crippen LogP contribution is 2.10. The van der Waals surface area contributed by atoms with Crippen molar-refractivity contribution in [2.24, 2.45) is 17.6 Å². The molecule has 3 amide bonds. The van der Waals surface area contributed by atoms with E-state index in [0.29, 0.717) is 12.2 Å². The number of hydrogen-bond donors (Lipinski definition) is 6.